The SMILES string of the molecule is N/C(=N\Nc1ccccn1)c1cccnc1. The van der Waals surface area contributed by atoms with Gasteiger partial charge in [-0.05, 0) is 24.3 Å². The number of amidine groups is 1. The smallest absolute Gasteiger partial charge is 0.152 e. The maximum absolute atomic E-state index is 5.76. The van der Waals surface area contributed by atoms with Crippen LogP contribution in [0.1, 0.15) is 5.56 Å². The Bertz CT molecular complexity index is 466. The van der Waals surface area contributed by atoms with Crippen LogP contribution >= 0.6 is 0 Å². The van der Waals surface area contributed by atoms with Gasteiger partial charge in [0.1, 0.15) is 5.82 Å². The van der Waals surface area contributed by atoms with Gasteiger partial charge in [0.15, 0.2) is 5.84 Å². The molecule has 2 aromatic rings. The first-order valence-corrected chi connectivity index (χ1v) is 4.77. The first-order chi connectivity index (χ1) is 7.86. The molecule has 0 saturated carbocycles. The number of anilines is 1. The predicted molar refractivity (Wildman–Crippen MR) is 62.8 cm³/mol. The Morgan fingerprint density at radius 2 is 2.12 bits per heavy atom. The van der Waals surface area contributed by atoms with E-state index in [2.05, 4.69) is 20.5 Å². The van der Waals surface area contributed by atoms with Gasteiger partial charge in [-0.2, -0.15) is 5.10 Å². The van der Waals surface area contributed by atoms with Crippen LogP contribution in [0.2, 0.25) is 0 Å². The van der Waals surface area contributed by atoms with Gasteiger partial charge in [0, 0.05) is 24.2 Å². The largest absolute Gasteiger partial charge is 0.382 e. The summed E-state index contributed by atoms with van der Waals surface area (Å²) in [5, 5.41) is 4.01. The first-order valence-electron chi connectivity index (χ1n) is 4.77. The summed E-state index contributed by atoms with van der Waals surface area (Å²) in [7, 11) is 0. The summed E-state index contributed by atoms with van der Waals surface area (Å²) < 4.78 is 0. The van der Waals surface area contributed by atoms with E-state index < -0.39 is 0 Å². The maximum Gasteiger partial charge on any atom is 0.152 e. The second kappa shape index (κ2) is 4.88. The minimum Gasteiger partial charge on any atom is -0.382 e. The van der Waals surface area contributed by atoms with E-state index in [1.54, 1.807) is 30.7 Å². The van der Waals surface area contributed by atoms with Gasteiger partial charge in [-0.3, -0.25) is 10.4 Å². The van der Waals surface area contributed by atoms with Gasteiger partial charge in [0.05, 0.1) is 0 Å². The van der Waals surface area contributed by atoms with Gasteiger partial charge in [0.25, 0.3) is 0 Å². The number of pyridine rings is 2. The zero-order valence-electron chi connectivity index (χ0n) is 8.54. The van der Waals surface area contributed by atoms with Crippen LogP contribution in [0, 0.1) is 0 Å². The van der Waals surface area contributed by atoms with Crippen LogP contribution in [-0.2, 0) is 0 Å². The second-order valence-electron chi connectivity index (χ2n) is 3.07. The lowest BCUT2D eigenvalue weighted by atomic mass is 10.3. The molecular formula is C11H11N5. The Balaban J connectivity index is 2.09. The molecule has 0 unspecified atom stereocenters. The van der Waals surface area contributed by atoms with Crippen molar-refractivity contribution in [2.24, 2.45) is 10.8 Å². The van der Waals surface area contributed by atoms with Crippen LogP contribution in [0.25, 0.3) is 0 Å². The lowest BCUT2D eigenvalue weighted by Crippen LogP contribution is -2.15. The molecule has 5 heteroatoms. The molecule has 0 saturated heterocycles. The van der Waals surface area contributed by atoms with Crippen LogP contribution in [0.4, 0.5) is 5.82 Å². The molecule has 0 bridgehead atoms. The van der Waals surface area contributed by atoms with Crippen molar-refractivity contribution in [2.75, 3.05) is 5.43 Å². The third kappa shape index (κ3) is 2.54. The highest BCUT2D eigenvalue weighted by atomic mass is 15.3. The van der Waals surface area contributed by atoms with Crippen LogP contribution in [0.3, 0.4) is 0 Å². The molecule has 0 aromatic carbocycles. The van der Waals surface area contributed by atoms with E-state index in [1.807, 2.05) is 18.2 Å². The van der Waals surface area contributed by atoms with Crippen molar-refractivity contribution >= 4 is 11.7 Å². The molecule has 0 amide bonds. The summed E-state index contributed by atoms with van der Waals surface area (Å²) >= 11 is 0. The lowest BCUT2D eigenvalue weighted by molar-refractivity contribution is 1.21. The summed E-state index contributed by atoms with van der Waals surface area (Å²) in [5.41, 5.74) is 9.30. The van der Waals surface area contributed by atoms with Crippen molar-refractivity contribution in [3.05, 3.63) is 54.5 Å². The summed E-state index contributed by atoms with van der Waals surface area (Å²) in [6, 6.07) is 9.15. The van der Waals surface area contributed by atoms with Crippen molar-refractivity contribution in [2.45, 2.75) is 0 Å². The molecule has 0 fully saturated rings. The van der Waals surface area contributed by atoms with Crippen molar-refractivity contribution in [3.8, 4) is 0 Å². The molecule has 0 aliphatic heterocycles. The fourth-order valence-corrected chi connectivity index (χ4v) is 1.13. The Morgan fingerprint density at radius 3 is 2.81 bits per heavy atom. The lowest BCUT2D eigenvalue weighted by Gasteiger charge is -2.01. The Hall–Kier alpha value is -2.43. The van der Waals surface area contributed by atoms with E-state index in [4.69, 9.17) is 5.73 Å². The average molecular weight is 213 g/mol. The molecule has 0 aliphatic rings. The Morgan fingerprint density at radius 1 is 1.19 bits per heavy atom. The topological polar surface area (TPSA) is 76.2 Å². The van der Waals surface area contributed by atoms with Crippen molar-refractivity contribution in [1.29, 1.82) is 0 Å². The zero-order chi connectivity index (χ0) is 11.2. The summed E-state index contributed by atoms with van der Waals surface area (Å²) in [6.07, 6.45) is 5.01. The Labute approximate surface area is 93.0 Å². The molecule has 2 heterocycles. The van der Waals surface area contributed by atoms with Crippen LogP contribution in [0.15, 0.2) is 54.0 Å². The monoisotopic (exact) mass is 213 g/mol. The molecule has 80 valence electrons. The second-order valence-corrected chi connectivity index (χ2v) is 3.07. The molecule has 0 atom stereocenters. The number of rotatable bonds is 3. The molecule has 2 rings (SSSR count). The van der Waals surface area contributed by atoms with Crippen molar-refractivity contribution < 1.29 is 0 Å². The van der Waals surface area contributed by atoms with Gasteiger partial charge in [-0.25, -0.2) is 4.98 Å². The van der Waals surface area contributed by atoms with Crippen molar-refractivity contribution in [3.63, 3.8) is 0 Å². The highest BCUT2D eigenvalue weighted by Crippen LogP contribution is 2.00. The fourth-order valence-electron chi connectivity index (χ4n) is 1.13. The van der Waals surface area contributed by atoms with E-state index in [-0.39, 0.29) is 0 Å². The van der Waals surface area contributed by atoms with E-state index >= 15 is 0 Å². The molecule has 3 N–H and O–H groups in total. The minimum absolute atomic E-state index is 0.374. The van der Waals surface area contributed by atoms with Gasteiger partial charge >= 0.3 is 0 Å². The molecule has 0 aliphatic carbocycles. The van der Waals surface area contributed by atoms with Crippen LogP contribution < -0.4 is 11.2 Å². The molecule has 0 spiro atoms. The third-order valence-corrected chi connectivity index (χ3v) is 1.91. The summed E-state index contributed by atoms with van der Waals surface area (Å²) in [4.78, 5) is 8.01. The number of nitrogens with one attached hydrogen (secondary N) is 1. The predicted octanol–water partition coefficient (Wildman–Crippen LogP) is 1.21. The van der Waals surface area contributed by atoms with Gasteiger partial charge in [-0.15, -0.1) is 0 Å². The molecule has 16 heavy (non-hydrogen) atoms. The Kier molecular flexibility index (Phi) is 3.08. The average Bonchev–Trinajstić information content (AvgIpc) is 2.38. The number of hydrazone groups is 1. The fraction of sp³-hybridized carbons (Fsp3) is 0. The van der Waals surface area contributed by atoms with Gasteiger partial charge < -0.3 is 5.73 Å². The molecule has 0 radical (unpaired) electrons. The highest BCUT2D eigenvalue weighted by molar-refractivity contribution is 5.97. The third-order valence-electron chi connectivity index (χ3n) is 1.91. The van der Waals surface area contributed by atoms with Crippen LogP contribution in [0.5, 0.6) is 0 Å². The number of hydrogen-bond acceptors (Lipinski definition) is 4. The van der Waals surface area contributed by atoms with E-state index in [1.165, 1.54) is 0 Å². The number of nitrogens with two attached hydrogens (primary N) is 1. The van der Waals surface area contributed by atoms with E-state index in [0.29, 0.717) is 11.7 Å². The number of aromatic nitrogens is 2. The number of nitrogens with zero attached hydrogens (tertiary/aromatic N) is 3. The zero-order valence-corrected chi connectivity index (χ0v) is 8.54. The summed E-state index contributed by atoms with van der Waals surface area (Å²) in [5.74, 6) is 1.02. The maximum atomic E-state index is 5.76. The quantitative estimate of drug-likeness (QED) is 0.456. The van der Waals surface area contributed by atoms with Crippen molar-refractivity contribution in [1.82, 2.24) is 9.97 Å². The van der Waals surface area contributed by atoms with E-state index in [9.17, 15) is 0 Å². The highest BCUT2D eigenvalue weighted by Gasteiger charge is 1.96. The van der Waals surface area contributed by atoms with Gasteiger partial charge in [-0.1, -0.05) is 6.07 Å². The van der Waals surface area contributed by atoms with Gasteiger partial charge in [0.2, 0.25) is 0 Å². The standard InChI is InChI=1S/C11H11N5/c12-11(9-4-3-6-13-8-9)16-15-10-5-1-2-7-14-10/h1-8H,(H2,12,16)(H,14,15). The van der Waals surface area contributed by atoms with E-state index in [0.717, 1.165) is 5.56 Å². The molecule has 2 aromatic heterocycles. The number of hydrogen-bond donors (Lipinski definition) is 2. The molecule has 5 nitrogen and oxygen atoms in total. The minimum atomic E-state index is 0.374. The normalized spacial score (nSPS) is 11.1. The summed E-state index contributed by atoms with van der Waals surface area (Å²) in [6.45, 7) is 0. The first kappa shape index (κ1) is 10.1. The molecular weight excluding hydrogens is 202 g/mol. The van der Waals surface area contributed by atoms with Crippen LogP contribution in [-0.4, -0.2) is 15.8 Å².